The first-order chi connectivity index (χ1) is 15.5. The molecule has 5 N–H and O–H groups in total. The molecule has 0 fully saturated rings. The van der Waals surface area contributed by atoms with Crippen molar-refractivity contribution in [2.24, 2.45) is 5.92 Å². The normalized spacial score (nSPS) is 10.9. The lowest BCUT2D eigenvalue weighted by atomic mass is 10.2. The number of aliphatic hydroxyl groups excluding tert-OH is 2. The molecule has 0 aliphatic heterocycles. The van der Waals surface area contributed by atoms with Crippen LogP contribution in [-0.4, -0.2) is 45.7 Å². The summed E-state index contributed by atoms with van der Waals surface area (Å²) in [6.07, 6.45) is 3.82. The van der Waals surface area contributed by atoms with Gasteiger partial charge < -0.3 is 26.3 Å². The van der Waals surface area contributed by atoms with Crippen LogP contribution in [0.15, 0.2) is 53.6 Å². The zero-order valence-electron chi connectivity index (χ0n) is 17.1. The predicted molar refractivity (Wildman–Crippen MR) is 123 cm³/mol. The molecule has 10 heteroatoms. The summed E-state index contributed by atoms with van der Waals surface area (Å²) in [7, 11) is 0. The maximum absolute atomic E-state index is 13.9. The molecule has 1 aromatic carbocycles. The van der Waals surface area contributed by atoms with E-state index in [1.807, 2.05) is 0 Å². The van der Waals surface area contributed by atoms with Gasteiger partial charge in [-0.2, -0.15) is 0 Å². The highest BCUT2D eigenvalue weighted by Gasteiger charge is 2.14. The maximum atomic E-state index is 13.9. The summed E-state index contributed by atoms with van der Waals surface area (Å²) in [6.45, 7) is 0.0550. The van der Waals surface area contributed by atoms with E-state index in [9.17, 15) is 19.4 Å². The summed E-state index contributed by atoms with van der Waals surface area (Å²) in [5.74, 6) is -0.317. The average Bonchev–Trinajstić information content (AvgIpc) is 2.80. The third-order valence-electron chi connectivity index (χ3n) is 4.88. The first kappa shape index (κ1) is 23.4. The fourth-order valence-electron chi connectivity index (χ4n) is 3.01. The van der Waals surface area contributed by atoms with Gasteiger partial charge in [-0.05, 0) is 12.1 Å². The van der Waals surface area contributed by atoms with Gasteiger partial charge in [0.15, 0.2) is 0 Å². The van der Waals surface area contributed by atoms with Crippen molar-refractivity contribution < 1.29 is 14.6 Å². The molecule has 0 aliphatic rings. The molecule has 32 heavy (non-hydrogen) atoms. The van der Waals surface area contributed by atoms with Gasteiger partial charge in [-0.15, -0.1) is 0 Å². The third-order valence-corrected chi connectivity index (χ3v) is 5.18. The van der Waals surface area contributed by atoms with E-state index in [-0.39, 0.29) is 48.6 Å². The van der Waals surface area contributed by atoms with Crippen LogP contribution in [0.4, 0.5) is 15.9 Å². The molecule has 168 valence electrons. The molecule has 0 unspecified atom stereocenters. The Hall–Kier alpha value is -3.27. The van der Waals surface area contributed by atoms with Crippen LogP contribution >= 0.6 is 11.6 Å². The Morgan fingerprint density at radius 3 is 2.66 bits per heavy atom. The van der Waals surface area contributed by atoms with Crippen LogP contribution in [0.5, 0.6) is 0 Å². The number of nitrogens with zero attached hydrogens (tertiary/aromatic N) is 2. The Bertz CT molecular complexity index is 1150. The van der Waals surface area contributed by atoms with E-state index in [4.69, 9.17) is 17.0 Å². The quantitative estimate of drug-likeness (QED) is 0.297. The van der Waals surface area contributed by atoms with E-state index in [0.29, 0.717) is 22.8 Å². The number of benzene rings is 1. The van der Waals surface area contributed by atoms with Gasteiger partial charge in [0.25, 0.3) is 5.56 Å². The summed E-state index contributed by atoms with van der Waals surface area (Å²) in [5.41, 5.74) is 0.779. The Balaban J connectivity index is 1.89. The van der Waals surface area contributed by atoms with Crippen molar-refractivity contribution in [2.75, 3.05) is 30.4 Å². The molecule has 0 saturated heterocycles. The Morgan fingerprint density at radius 1 is 1.22 bits per heavy atom. The maximum Gasteiger partial charge on any atom is 0.266 e. The largest absolute Gasteiger partial charge is 0.396 e. The number of hydrogen-bond acceptors (Lipinski definition) is 7. The van der Waals surface area contributed by atoms with Crippen molar-refractivity contribution >= 4 is 29.3 Å². The lowest BCUT2D eigenvalue weighted by molar-refractivity contribution is 0.158. The SMILES string of the molecule is N=Cc1c(NCc2ccccc2F)ccn(-c2cc(NCC(CO)CO)ncc2Cl)c1=O. The van der Waals surface area contributed by atoms with Crippen molar-refractivity contribution in [3.05, 3.63) is 81.1 Å². The van der Waals surface area contributed by atoms with Crippen LogP contribution in [-0.2, 0) is 6.54 Å². The monoisotopic (exact) mass is 459 g/mol. The number of aliphatic hydroxyl groups is 2. The van der Waals surface area contributed by atoms with Crippen LogP contribution < -0.4 is 16.2 Å². The fourth-order valence-corrected chi connectivity index (χ4v) is 3.21. The topological polar surface area (TPSA) is 123 Å². The molecule has 3 rings (SSSR count). The van der Waals surface area contributed by atoms with Gasteiger partial charge in [-0.25, -0.2) is 9.37 Å². The van der Waals surface area contributed by atoms with Crippen LogP contribution in [0, 0.1) is 17.1 Å². The summed E-state index contributed by atoms with van der Waals surface area (Å²) in [6, 6.07) is 9.48. The van der Waals surface area contributed by atoms with E-state index in [1.165, 1.54) is 23.0 Å². The van der Waals surface area contributed by atoms with Crippen molar-refractivity contribution in [3.8, 4) is 5.69 Å². The second kappa shape index (κ2) is 10.9. The zero-order chi connectivity index (χ0) is 23.1. The van der Waals surface area contributed by atoms with Gasteiger partial charge in [0, 0.05) is 56.3 Å². The van der Waals surface area contributed by atoms with Gasteiger partial charge in [0.05, 0.1) is 28.2 Å². The van der Waals surface area contributed by atoms with Gasteiger partial charge in [0.2, 0.25) is 0 Å². The number of halogens is 2. The van der Waals surface area contributed by atoms with Crippen LogP contribution in [0.25, 0.3) is 5.69 Å². The van der Waals surface area contributed by atoms with E-state index in [2.05, 4.69) is 15.6 Å². The standard InChI is InChI=1S/C22H23ClFN5O3/c23-17-11-28-21(27-9-14(12-30)13-31)7-20(17)29-6-5-19(16(8-25)22(29)32)26-10-15-3-1-2-4-18(15)24/h1-8,11,14,25-26,30-31H,9-10,12-13H2,(H,27,28). The fraction of sp³-hybridized carbons (Fsp3) is 0.227. The minimum Gasteiger partial charge on any atom is -0.396 e. The van der Waals surface area contributed by atoms with E-state index >= 15 is 0 Å². The van der Waals surface area contributed by atoms with Crippen LogP contribution in [0.3, 0.4) is 0 Å². The van der Waals surface area contributed by atoms with Crippen LogP contribution in [0.1, 0.15) is 11.1 Å². The Morgan fingerprint density at radius 2 is 1.97 bits per heavy atom. The second-order valence-electron chi connectivity index (χ2n) is 7.04. The van der Waals surface area contributed by atoms with Crippen molar-refractivity contribution in [1.82, 2.24) is 9.55 Å². The summed E-state index contributed by atoms with van der Waals surface area (Å²) < 4.78 is 15.2. The molecule has 8 nitrogen and oxygen atoms in total. The van der Waals surface area contributed by atoms with Crippen molar-refractivity contribution in [1.29, 1.82) is 5.41 Å². The van der Waals surface area contributed by atoms with Crippen molar-refractivity contribution in [3.63, 3.8) is 0 Å². The summed E-state index contributed by atoms with van der Waals surface area (Å²) in [5, 5.41) is 32.3. The first-order valence-corrected chi connectivity index (χ1v) is 10.2. The number of hydrogen-bond donors (Lipinski definition) is 5. The molecular weight excluding hydrogens is 437 g/mol. The average molecular weight is 460 g/mol. The lowest BCUT2D eigenvalue weighted by Crippen LogP contribution is -2.24. The van der Waals surface area contributed by atoms with E-state index in [0.717, 1.165) is 6.21 Å². The van der Waals surface area contributed by atoms with Gasteiger partial charge in [0.1, 0.15) is 11.6 Å². The number of pyridine rings is 2. The van der Waals surface area contributed by atoms with Gasteiger partial charge in [-0.1, -0.05) is 29.8 Å². The highest BCUT2D eigenvalue weighted by Crippen LogP contribution is 2.23. The molecule has 0 atom stereocenters. The highest BCUT2D eigenvalue weighted by atomic mass is 35.5. The lowest BCUT2D eigenvalue weighted by Gasteiger charge is -2.16. The molecular formula is C22H23ClFN5O3. The van der Waals surface area contributed by atoms with Gasteiger partial charge >= 0.3 is 0 Å². The Labute approximate surface area is 188 Å². The molecule has 2 aromatic heterocycles. The van der Waals surface area contributed by atoms with Gasteiger partial charge in [-0.3, -0.25) is 9.36 Å². The number of nitrogens with one attached hydrogen (secondary N) is 3. The molecule has 0 radical (unpaired) electrons. The molecule has 3 aromatic rings. The zero-order valence-corrected chi connectivity index (χ0v) is 17.8. The Kier molecular flexibility index (Phi) is 7.93. The molecule has 0 spiro atoms. The first-order valence-electron chi connectivity index (χ1n) is 9.83. The number of aromatic nitrogens is 2. The summed E-state index contributed by atoms with van der Waals surface area (Å²) in [4.78, 5) is 17.2. The second-order valence-corrected chi connectivity index (χ2v) is 7.45. The molecule has 0 bridgehead atoms. The molecule has 2 heterocycles. The minimum atomic E-state index is -0.485. The molecule has 0 amide bonds. The minimum absolute atomic E-state index is 0.0897. The molecule has 0 aliphatic carbocycles. The van der Waals surface area contributed by atoms with Crippen molar-refractivity contribution in [2.45, 2.75) is 6.54 Å². The number of rotatable bonds is 10. The predicted octanol–water partition coefficient (Wildman–Crippen LogP) is 2.65. The number of anilines is 2. The molecule has 0 saturated carbocycles. The summed E-state index contributed by atoms with van der Waals surface area (Å²) >= 11 is 6.27. The van der Waals surface area contributed by atoms with Crippen LogP contribution in [0.2, 0.25) is 5.02 Å². The van der Waals surface area contributed by atoms with E-state index in [1.54, 1.807) is 30.3 Å². The smallest absolute Gasteiger partial charge is 0.266 e. The third kappa shape index (κ3) is 5.31. The highest BCUT2D eigenvalue weighted by molar-refractivity contribution is 6.32. The van der Waals surface area contributed by atoms with E-state index < -0.39 is 5.56 Å².